The van der Waals surface area contributed by atoms with Crippen LogP contribution in [0.15, 0.2) is 75.4 Å². The van der Waals surface area contributed by atoms with Crippen LogP contribution in [-0.2, 0) is 19.9 Å². The molecule has 1 N–H and O–H groups in total. The van der Waals surface area contributed by atoms with E-state index in [1.807, 2.05) is 13.8 Å². The first-order valence-electron chi connectivity index (χ1n) is 8.99. The van der Waals surface area contributed by atoms with Crippen molar-refractivity contribution in [2.24, 2.45) is 0 Å². The number of pyridine rings is 1. The van der Waals surface area contributed by atoms with Crippen LogP contribution < -0.4 is 4.72 Å². The van der Waals surface area contributed by atoms with Crippen LogP contribution in [0.2, 0.25) is 0 Å². The van der Waals surface area contributed by atoms with Crippen LogP contribution >= 0.6 is 11.3 Å². The van der Waals surface area contributed by atoms with E-state index in [1.54, 1.807) is 54.0 Å². The molecule has 0 aliphatic carbocycles. The fraction of sp³-hybridized carbons (Fsp3) is 0.250. The molecule has 0 fully saturated rings. The van der Waals surface area contributed by atoms with E-state index < -0.39 is 25.1 Å². The molecule has 2 aromatic heterocycles. The van der Waals surface area contributed by atoms with Crippen LogP contribution in [0.5, 0.6) is 0 Å². The molecular weight excluding hydrogens is 428 g/mol. The second-order valence-corrected chi connectivity index (χ2v) is 11.9. The van der Waals surface area contributed by atoms with Crippen molar-refractivity contribution in [3.63, 3.8) is 0 Å². The zero-order chi connectivity index (χ0) is 21.1. The molecule has 1 aromatic carbocycles. The molecule has 0 aliphatic heterocycles. The highest BCUT2D eigenvalue weighted by Crippen LogP contribution is 2.30. The Morgan fingerprint density at radius 1 is 0.966 bits per heavy atom. The third-order valence-corrected chi connectivity index (χ3v) is 9.46. The molecule has 2 heterocycles. The number of hydrogen-bond acceptors (Lipinski definition) is 6. The maximum absolute atomic E-state index is 13.4. The molecule has 0 spiro atoms. The minimum absolute atomic E-state index is 0.140. The van der Waals surface area contributed by atoms with Gasteiger partial charge in [0.2, 0.25) is 10.0 Å². The van der Waals surface area contributed by atoms with E-state index in [4.69, 9.17) is 0 Å². The zero-order valence-corrected chi connectivity index (χ0v) is 18.5. The number of hydrogen-bond donors (Lipinski definition) is 1. The van der Waals surface area contributed by atoms with E-state index in [2.05, 4.69) is 9.71 Å². The van der Waals surface area contributed by atoms with Crippen LogP contribution in [0.3, 0.4) is 0 Å². The fourth-order valence-electron chi connectivity index (χ4n) is 2.85. The van der Waals surface area contributed by atoms with Crippen LogP contribution in [0.4, 0.5) is 0 Å². The number of sulfone groups is 1. The van der Waals surface area contributed by atoms with Gasteiger partial charge in [-0.15, -0.1) is 11.3 Å². The van der Waals surface area contributed by atoms with Crippen molar-refractivity contribution >= 4 is 31.2 Å². The van der Waals surface area contributed by atoms with Crippen molar-refractivity contribution in [2.45, 2.75) is 34.1 Å². The minimum atomic E-state index is -3.85. The molecule has 0 saturated carbocycles. The SMILES string of the molecule is CC(C)c1ccc(S(=O)(=O)C(CNS(=O)(=O)c2cccs2)c2cccnc2)cc1. The van der Waals surface area contributed by atoms with Gasteiger partial charge in [-0.3, -0.25) is 4.98 Å². The highest BCUT2D eigenvalue weighted by Gasteiger charge is 2.31. The van der Waals surface area contributed by atoms with Gasteiger partial charge < -0.3 is 0 Å². The highest BCUT2D eigenvalue weighted by atomic mass is 32.2. The Kier molecular flexibility index (Phi) is 6.52. The third-order valence-electron chi connectivity index (χ3n) is 4.52. The monoisotopic (exact) mass is 450 g/mol. The van der Waals surface area contributed by atoms with Gasteiger partial charge >= 0.3 is 0 Å². The summed E-state index contributed by atoms with van der Waals surface area (Å²) in [4.78, 5) is 4.15. The molecule has 0 aliphatic rings. The highest BCUT2D eigenvalue weighted by molar-refractivity contribution is 7.92. The van der Waals surface area contributed by atoms with Gasteiger partial charge in [0.1, 0.15) is 9.46 Å². The molecule has 0 radical (unpaired) electrons. The number of benzene rings is 1. The van der Waals surface area contributed by atoms with Crippen molar-refractivity contribution in [3.8, 4) is 0 Å². The van der Waals surface area contributed by atoms with Crippen molar-refractivity contribution in [1.82, 2.24) is 9.71 Å². The van der Waals surface area contributed by atoms with Crippen LogP contribution in [0, 0.1) is 0 Å². The van der Waals surface area contributed by atoms with Crippen LogP contribution in [0.25, 0.3) is 0 Å². The van der Waals surface area contributed by atoms with E-state index >= 15 is 0 Å². The van der Waals surface area contributed by atoms with Gasteiger partial charge in [-0.1, -0.05) is 38.1 Å². The van der Waals surface area contributed by atoms with E-state index in [-0.39, 0.29) is 21.6 Å². The number of rotatable bonds is 8. The Morgan fingerprint density at radius 3 is 2.24 bits per heavy atom. The van der Waals surface area contributed by atoms with Gasteiger partial charge in [-0.2, -0.15) is 0 Å². The van der Waals surface area contributed by atoms with Crippen LogP contribution in [-0.4, -0.2) is 28.4 Å². The first-order valence-corrected chi connectivity index (χ1v) is 12.9. The van der Waals surface area contributed by atoms with E-state index in [9.17, 15) is 16.8 Å². The number of thiophene rings is 1. The first-order chi connectivity index (χ1) is 13.7. The molecule has 0 bridgehead atoms. The van der Waals surface area contributed by atoms with Crippen molar-refractivity contribution in [2.75, 3.05) is 6.54 Å². The van der Waals surface area contributed by atoms with E-state index in [0.29, 0.717) is 5.56 Å². The lowest BCUT2D eigenvalue weighted by molar-refractivity contribution is 0.569. The minimum Gasteiger partial charge on any atom is -0.264 e. The molecule has 154 valence electrons. The third kappa shape index (κ3) is 4.92. The smallest absolute Gasteiger partial charge is 0.250 e. The first kappa shape index (κ1) is 21.6. The van der Waals surface area contributed by atoms with E-state index in [0.717, 1.165) is 16.9 Å². The normalized spacial score (nSPS) is 13.5. The molecule has 3 aromatic rings. The number of sulfonamides is 1. The summed E-state index contributed by atoms with van der Waals surface area (Å²) in [6, 6.07) is 13.1. The molecule has 3 rings (SSSR count). The van der Waals surface area contributed by atoms with Gasteiger partial charge in [-0.05, 0) is 46.7 Å². The Balaban J connectivity index is 1.95. The lowest BCUT2D eigenvalue weighted by Gasteiger charge is -2.19. The van der Waals surface area contributed by atoms with Gasteiger partial charge in [-0.25, -0.2) is 21.6 Å². The molecule has 9 heteroatoms. The summed E-state index contributed by atoms with van der Waals surface area (Å²) >= 11 is 1.07. The molecule has 0 amide bonds. The average molecular weight is 451 g/mol. The maximum atomic E-state index is 13.4. The molecule has 1 atom stereocenters. The zero-order valence-electron chi connectivity index (χ0n) is 16.0. The van der Waals surface area contributed by atoms with Gasteiger partial charge in [0.05, 0.1) is 4.90 Å². The van der Waals surface area contributed by atoms with Crippen molar-refractivity contribution < 1.29 is 16.8 Å². The summed E-state index contributed by atoms with van der Waals surface area (Å²) in [5, 5.41) is 0.552. The average Bonchev–Trinajstić information content (AvgIpc) is 3.25. The standard InChI is InChI=1S/C20H22N2O4S3/c1-15(2)16-7-9-18(10-8-16)28(23,24)19(17-5-3-11-21-13-17)14-22-29(25,26)20-6-4-12-27-20/h3-13,15,19,22H,14H2,1-2H3. The molecule has 6 nitrogen and oxygen atoms in total. The van der Waals surface area contributed by atoms with Gasteiger partial charge in [0.25, 0.3) is 0 Å². The Labute approximate surface area is 175 Å². The predicted molar refractivity (Wildman–Crippen MR) is 114 cm³/mol. The molecular formula is C20H22N2O4S3. The maximum Gasteiger partial charge on any atom is 0.250 e. The predicted octanol–water partition coefficient (Wildman–Crippen LogP) is 3.76. The lowest BCUT2D eigenvalue weighted by atomic mass is 10.0. The van der Waals surface area contributed by atoms with Crippen molar-refractivity contribution in [1.29, 1.82) is 0 Å². The fourth-order valence-corrected chi connectivity index (χ4v) is 6.69. The van der Waals surface area contributed by atoms with Gasteiger partial charge in [0, 0.05) is 18.9 Å². The summed E-state index contributed by atoms with van der Waals surface area (Å²) in [5.74, 6) is 0.276. The van der Waals surface area contributed by atoms with Crippen LogP contribution in [0.1, 0.15) is 36.1 Å². The topological polar surface area (TPSA) is 93.2 Å². The Morgan fingerprint density at radius 2 is 1.69 bits per heavy atom. The largest absolute Gasteiger partial charge is 0.264 e. The summed E-state index contributed by atoms with van der Waals surface area (Å²) in [6.45, 7) is 3.77. The lowest BCUT2D eigenvalue weighted by Crippen LogP contribution is -2.31. The molecule has 0 saturated heterocycles. The number of aromatic nitrogens is 1. The number of nitrogens with zero attached hydrogens (tertiary/aromatic N) is 1. The Bertz CT molecular complexity index is 1140. The van der Waals surface area contributed by atoms with E-state index in [1.165, 1.54) is 12.3 Å². The summed E-state index contributed by atoms with van der Waals surface area (Å²) in [6.07, 6.45) is 2.99. The molecule has 1 unspecified atom stereocenters. The summed E-state index contributed by atoms with van der Waals surface area (Å²) < 4.78 is 54.3. The second kappa shape index (κ2) is 8.74. The van der Waals surface area contributed by atoms with Crippen molar-refractivity contribution in [3.05, 3.63) is 77.4 Å². The summed E-state index contributed by atoms with van der Waals surface area (Å²) in [7, 11) is -7.65. The van der Waals surface area contributed by atoms with Gasteiger partial charge in [0.15, 0.2) is 9.84 Å². The molecule has 29 heavy (non-hydrogen) atoms. The summed E-state index contributed by atoms with van der Waals surface area (Å²) in [5.41, 5.74) is 1.45. The second-order valence-electron chi connectivity index (χ2n) is 6.83. The quantitative estimate of drug-likeness (QED) is 0.564. The Hall–Kier alpha value is -2.07. The number of nitrogens with one attached hydrogen (secondary N) is 1.